The van der Waals surface area contributed by atoms with Crippen LogP contribution in [0.3, 0.4) is 0 Å². The highest BCUT2D eigenvalue weighted by Gasteiger charge is 2.17. The molecule has 2 rings (SSSR count). The van der Waals surface area contributed by atoms with Gasteiger partial charge in [0.1, 0.15) is 6.10 Å². The van der Waals surface area contributed by atoms with Gasteiger partial charge in [0.15, 0.2) is 0 Å². The van der Waals surface area contributed by atoms with E-state index in [0.29, 0.717) is 11.4 Å². The highest BCUT2D eigenvalue weighted by molar-refractivity contribution is 5.21. The molecule has 0 saturated heterocycles. The van der Waals surface area contributed by atoms with Crippen molar-refractivity contribution in [2.24, 2.45) is 0 Å². The van der Waals surface area contributed by atoms with Crippen molar-refractivity contribution in [3.63, 3.8) is 0 Å². The Balaban J connectivity index is 2.30. The minimum absolute atomic E-state index is 0.629. The number of aromatic nitrogens is 4. The van der Waals surface area contributed by atoms with E-state index in [4.69, 9.17) is 0 Å². The van der Waals surface area contributed by atoms with Gasteiger partial charge in [0, 0.05) is 12.7 Å². The Morgan fingerprint density at radius 2 is 2.29 bits per heavy atom. The third-order valence-electron chi connectivity index (χ3n) is 2.58. The van der Waals surface area contributed by atoms with Gasteiger partial charge in [0.2, 0.25) is 0 Å². The molecule has 90 valence electrons. The SMILES string of the molecule is CCCn1nncc1C(O)c1cc(C)ccn1. The van der Waals surface area contributed by atoms with E-state index < -0.39 is 6.10 Å². The predicted octanol–water partition coefficient (Wildman–Crippen LogP) is 1.47. The number of hydrogen-bond acceptors (Lipinski definition) is 4. The van der Waals surface area contributed by atoms with Gasteiger partial charge >= 0.3 is 0 Å². The standard InChI is InChI=1S/C12H16N4O/c1-3-6-16-11(8-14-15-16)12(17)10-7-9(2)4-5-13-10/h4-5,7-8,12,17H,3,6H2,1-2H3. The van der Waals surface area contributed by atoms with E-state index in [2.05, 4.69) is 22.2 Å². The number of pyridine rings is 1. The molecule has 2 aromatic heterocycles. The van der Waals surface area contributed by atoms with E-state index in [0.717, 1.165) is 18.5 Å². The normalized spacial score (nSPS) is 12.6. The summed E-state index contributed by atoms with van der Waals surface area (Å²) < 4.78 is 1.72. The molecule has 0 aromatic carbocycles. The third-order valence-corrected chi connectivity index (χ3v) is 2.58. The summed E-state index contributed by atoms with van der Waals surface area (Å²) in [5, 5.41) is 18.0. The molecular weight excluding hydrogens is 216 g/mol. The fourth-order valence-electron chi connectivity index (χ4n) is 1.72. The summed E-state index contributed by atoms with van der Waals surface area (Å²) in [7, 11) is 0. The zero-order valence-electron chi connectivity index (χ0n) is 10.0. The van der Waals surface area contributed by atoms with Crippen LogP contribution in [-0.4, -0.2) is 25.1 Å². The molecule has 2 aromatic rings. The molecule has 0 spiro atoms. The summed E-state index contributed by atoms with van der Waals surface area (Å²) in [5.41, 5.74) is 2.39. The van der Waals surface area contributed by atoms with Crippen LogP contribution in [0.25, 0.3) is 0 Å². The molecule has 0 saturated carbocycles. The lowest BCUT2D eigenvalue weighted by atomic mass is 10.1. The molecule has 0 amide bonds. The Labute approximate surface area is 100 Å². The first-order chi connectivity index (χ1) is 8.22. The third kappa shape index (κ3) is 2.50. The van der Waals surface area contributed by atoms with E-state index in [1.165, 1.54) is 0 Å². The Kier molecular flexibility index (Phi) is 3.49. The first-order valence-corrected chi connectivity index (χ1v) is 5.71. The maximum Gasteiger partial charge on any atom is 0.139 e. The van der Waals surface area contributed by atoms with Crippen molar-refractivity contribution < 1.29 is 5.11 Å². The van der Waals surface area contributed by atoms with Gasteiger partial charge in [-0.15, -0.1) is 5.10 Å². The van der Waals surface area contributed by atoms with Crippen molar-refractivity contribution in [3.8, 4) is 0 Å². The van der Waals surface area contributed by atoms with Gasteiger partial charge in [-0.25, -0.2) is 4.68 Å². The summed E-state index contributed by atoms with van der Waals surface area (Å²) in [6, 6.07) is 3.77. The lowest BCUT2D eigenvalue weighted by Gasteiger charge is -2.11. The number of aliphatic hydroxyl groups excluding tert-OH is 1. The Morgan fingerprint density at radius 3 is 3.00 bits per heavy atom. The molecule has 5 heteroatoms. The summed E-state index contributed by atoms with van der Waals surface area (Å²) >= 11 is 0. The average Bonchev–Trinajstić information content (AvgIpc) is 2.77. The second-order valence-corrected chi connectivity index (χ2v) is 4.04. The van der Waals surface area contributed by atoms with Crippen molar-refractivity contribution in [1.29, 1.82) is 0 Å². The van der Waals surface area contributed by atoms with Gasteiger partial charge in [0.05, 0.1) is 17.6 Å². The molecule has 17 heavy (non-hydrogen) atoms. The van der Waals surface area contributed by atoms with E-state index in [-0.39, 0.29) is 0 Å². The number of nitrogens with zero attached hydrogens (tertiary/aromatic N) is 4. The zero-order chi connectivity index (χ0) is 12.3. The summed E-state index contributed by atoms with van der Waals surface area (Å²) in [6.45, 7) is 4.78. The van der Waals surface area contributed by atoms with Gasteiger partial charge in [-0.05, 0) is 31.0 Å². The fourth-order valence-corrected chi connectivity index (χ4v) is 1.72. The summed E-state index contributed by atoms with van der Waals surface area (Å²) in [5.74, 6) is 0. The number of aliphatic hydroxyl groups is 1. The van der Waals surface area contributed by atoms with Crippen LogP contribution in [0.4, 0.5) is 0 Å². The summed E-state index contributed by atoms with van der Waals surface area (Å²) in [4.78, 5) is 4.18. The molecule has 5 nitrogen and oxygen atoms in total. The van der Waals surface area contributed by atoms with Crippen molar-refractivity contribution in [2.75, 3.05) is 0 Å². The van der Waals surface area contributed by atoms with Gasteiger partial charge < -0.3 is 5.11 Å². The molecule has 0 radical (unpaired) electrons. The maximum atomic E-state index is 10.2. The van der Waals surface area contributed by atoms with Crippen molar-refractivity contribution >= 4 is 0 Å². The second-order valence-electron chi connectivity index (χ2n) is 4.04. The predicted molar refractivity (Wildman–Crippen MR) is 63.3 cm³/mol. The molecule has 1 N–H and O–H groups in total. The van der Waals surface area contributed by atoms with Crippen LogP contribution in [0.5, 0.6) is 0 Å². The van der Waals surface area contributed by atoms with Crippen molar-refractivity contribution in [1.82, 2.24) is 20.0 Å². The van der Waals surface area contributed by atoms with Crippen LogP contribution >= 0.6 is 0 Å². The molecule has 0 aliphatic carbocycles. The fraction of sp³-hybridized carbons (Fsp3) is 0.417. The molecule has 0 fully saturated rings. The molecule has 1 atom stereocenters. The minimum atomic E-state index is -0.767. The van der Waals surface area contributed by atoms with Crippen molar-refractivity contribution in [3.05, 3.63) is 41.5 Å². The van der Waals surface area contributed by atoms with E-state index in [1.54, 1.807) is 17.1 Å². The van der Waals surface area contributed by atoms with Gasteiger partial charge in [0.25, 0.3) is 0 Å². The zero-order valence-corrected chi connectivity index (χ0v) is 10.0. The summed E-state index contributed by atoms with van der Waals surface area (Å²) in [6.07, 6.45) is 3.47. The lowest BCUT2D eigenvalue weighted by molar-refractivity contribution is 0.202. The van der Waals surface area contributed by atoms with Crippen LogP contribution in [-0.2, 0) is 6.54 Å². The van der Waals surface area contributed by atoms with Gasteiger partial charge in [-0.3, -0.25) is 4.98 Å². The smallest absolute Gasteiger partial charge is 0.139 e. The minimum Gasteiger partial charge on any atom is -0.380 e. The number of hydrogen-bond donors (Lipinski definition) is 1. The van der Waals surface area contributed by atoms with Crippen LogP contribution in [0.2, 0.25) is 0 Å². The quantitative estimate of drug-likeness (QED) is 0.867. The Morgan fingerprint density at radius 1 is 1.47 bits per heavy atom. The largest absolute Gasteiger partial charge is 0.380 e. The highest BCUT2D eigenvalue weighted by atomic mass is 16.3. The number of rotatable bonds is 4. The first-order valence-electron chi connectivity index (χ1n) is 5.71. The first kappa shape index (κ1) is 11.7. The van der Waals surface area contributed by atoms with Crippen LogP contribution in [0.1, 0.15) is 36.4 Å². The van der Waals surface area contributed by atoms with Crippen LogP contribution in [0.15, 0.2) is 24.5 Å². The van der Waals surface area contributed by atoms with E-state index in [9.17, 15) is 5.11 Å². The Bertz CT molecular complexity index is 495. The molecule has 0 aliphatic heterocycles. The van der Waals surface area contributed by atoms with Gasteiger partial charge in [-0.1, -0.05) is 12.1 Å². The lowest BCUT2D eigenvalue weighted by Crippen LogP contribution is -2.11. The molecule has 0 aliphatic rings. The van der Waals surface area contributed by atoms with E-state index >= 15 is 0 Å². The average molecular weight is 232 g/mol. The molecule has 0 bridgehead atoms. The Hall–Kier alpha value is -1.75. The number of aryl methyl sites for hydroxylation is 2. The monoisotopic (exact) mass is 232 g/mol. The maximum absolute atomic E-state index is 10.2. The van der Waals surface area contributed by atoms with Crippen LogP contribution < -0.4 is 0 Å². The molecular formula is C12H16N4O. The highest BCUT2D eigenvalue weighted by Crippen LogP contribution is 2.19. The molecule has 1 unspecified atom stereocenters. The van der Waals surface area contributed by atoms with Gasteiger partial charge in [-0.2, -0.15) is 0 Å². The second kappa shape index (κ2) is 5.05. The van der Waals surface area contributed by atoms with E-state index in [1.807, 2.05) is 19.1 Å². The van der Waals surface area contributed by atoms with Crippen molar-refractivity contribution in [2.45, 2.75) is 32.9 Å². The topological polar surface area (TPSA) is 63.8 Å². The van der Waals surface area contributed by atoms with Crippen LogP contribution in [0, 0.1) is 6.92 Å². The molecule has 2 heterocycles.